The smallest absolute Gasteiger partial charge is 0.371 e. The van der Waals surface area contributed by atoms with Crippen molar-refractivity contribution in [3.63, 3.8) is 0 Å². The summed E-state index contributed by atoms with van der Waals surface area (Å²) in [5.74, 6) is -0.949. The van der Waals surface area contributed by atoms with Gasteiger partial charge in [-0.15, -0.1) is 0 Å². The summed E-state index contributed by atoms with van der Waals surface area (Å²) in [5, 5.41) is 2.77. The number of ether oxygens (including phenoxy) is 1. The second-order valence-electron chi connectivity index (χ2n) is 7.08. The van der Waals surface area contributed by atoms with Crippen molar-refractivity contribution in [1.29, 1.82) is 0 Å². The largest absolute Gasteiger partial charge is 0.416 e. The van der Waals surface area contributed by atoms with Gasteiger partial charge in [-0.05, 0) is 41.0 Å². The molecule has 1 amide bonds. The minimum absolute atomic E-state index is 0.0510. The van der Waals surface area contributed by atoms with E-state index in [1.54, 1.807) is 0 Å². The van der Waals surface area contributed by atoms with Crippen LogP contribution in [-0.2, 0) is 28.7 Å². The first kappa shape index (κ1) is 18.9. The van der Waals surface area contributed by atoms with E-state index < -0.39 is 17.6 Å². The Morgan fingerprint density at radius 1 is 1.18 bits per heavy atom. The summed E-state index contributed by atoms with van der Waals surface area (Å²) in [5.41, 5.74) is 1.90. The van der Waals surface area contributed by atoms with Crippen molar-refractivity contribution < 1.29 is 27.1 Å². The number of nitrogens with one attached hydrogen (secondary N) is 1. The van der Waals surface area contributed by atoms with Crippen LogP contribution in [0.5, 0.6) is 0 Å². The highest BCUT2D eigenvalue weighted by Gasteiger charge is 2.32. The van der Waals surface area contributed by atoms with Crippen molar-refractivity contribution in [3.05, 3.63) is 64.5 Å². The Bertz CT molecular complexity index is 914. The first-order chi connectivity index (χ1) is 13.3. The van der Waals surface area contributed by atoms with Crippen LogP contribution in [0.15, 0.2) is 36.4 Å². The highest BCUT2D eigenvalue weighted by atomic mass is 19.4. The molecule has 0 aliphatic carbocycles. The average molecular weight is 394 g/mol. The molecule has 1 unspecified atom stereocenters. The molecule has 1 saturated heterocycles. The van der Waals surface area contributed by atoms with E-state index in [0.29, 0.717) is 32.2 Å². The molecule has 2 aliphatic rings. The van der Waals surface area contributed by atoms with Crippen molar-refractivity contribution in [1.82, 2.24) is 4.90 Å². The van der Waals surface area contributed by atoms with Crippen molar-refractivity contribution in [2.45, 2.75) is 25.2 Å². The lowest BCUT2D eigenvalue weighted by Gasteiger charge is -2.33. The number of nitrogens with zero attached hydrogens (tertiary/aromatic N) is 1. The number of fused-ring (bicyclic) bond motifs is 1. The standard InChI is InChI=1S/C20H18F4N2O2/c21-16-6-12(5-15(9-16)20(22,23)24)10-26-3-4-28-18(11-26)13-1-2-17-14(7-13)8-19(27)25-17/h1-2,5-7,9,18H,3-4,8,10-11H2,(H,25,27). The number of alkyl halides is 3. The summed E-state index contributed by atoms with van der Waals surface area (Å²) < 4.78 is 58.2. The van der Waals surface area contributed by atoms with Gasteiger partial charge in [-0.1, -0.05) is 12.1 Å². The summed E-state index contributed by atoms with van der Waals surface area (Å²) in [4.78, 5) is 13.5. The van der Waals surface area contributed by atoms with Crippen LogP contribution in [0.25, 0.3) is 0 Å². The summed E-state index contributed by atoms with van der Waals surface area (Å²) in [6.07, 6.45) is -4.52. The number of hydrogen-bond acceptors (Lipinski definition) is 3. The number of halogens is 4. The molecule has 4 rings (SSSR count). The third-order valence-electron chi connectivity index (χ3n) is 4.97. The molecular formula is C20H18F4N2O2. The molecule has 28 heavy (non-hydrogen) atoms. The number of morpholine rings is 1. The van der Waals surface area contributed by atoms with Crippen LogP contribution < -0.4 is 5.32 Å². The lowest BCUT2D eigenvalue weighted by atomic mass is 10.0. The minimum Gasteiger partial charge on any atom is -0.371 e. The van der Waals surface area contributed by atoms with Gasteiger partial charge < -0.3 is 10.1 Å². The average Bonchev–Trinajstić information content (AvgIpc) is 3.00. The van der Waals surface area contributed by atoms with Crippen LogP contribution in [-0.4, -0.2) is 30.5 Å². The molecular weight excluding hydrogens is 376 g/mol. The second-order valence-corrected chi connectivity index (χ2v) is 7.08. The Labute approximate surface area is 159 Å². The lowest BCUT2D eigenvalue weighted by Crippen LogP contribution is -2.37. The minimum atomic E-state index is -4.58. The zero-order valence-corrected chi connectivity index (χ0v) is 14.9. The van der Waals surface area contributed by atoms with E-state index in [-0.39, 0.29) is 24.1 Å². The van der Waals surface area contributed by atoms with Gasteiger partial charge in [-0.3, -0.25) is 9.69 Å². The third kappa shape index (κ3) is 4.02. The Morgan fingerprint density at radius 3 is 2.79 bits per heavy atom. The SMILES string of the molecule is O=C1Cc2cc(C3CN(Cc4cc(F)cc(C(F)(F)F)c4)CCO3)ccc2N1. The van der Waals surface area contributed by atoms with Crippen LogP contribution >= 0.6 is 0 Å². The van der Waals surface area contributed by atoms with E-state index in [9.17, 15) is 22.4 Å². The van der Waals surface area contributed by atoms with Gasteiger partial charge in [0.15, 0.2) is 0 Å². The second kappa shape index (κ2) is 7.18. The molecule has 4 nitrogen and oxygen atoms in total. The molecule has 0 aromatic heterocycles. The van der Waals surface area contributed by atoms with Crippen molar-refractivity contribution in [2.75, 3.05) is 25.0 Å². The molecule has 2 heterocycles. The maximum absolute atomic E-state index is 13.6. The van der Waals surface area contributed by atoms with E-state index in [0.717, 1.165) is 28.9 Å². The molecule has 8 heteroatoms. The number of anilines is 1. The molecule has 0 radical (unpaired) electrons. The van der Waals surface area contributed by atoms with E-state index in [1.807, 2.05) is 23.1 Å². The molecule has 1 atom stereocenters. The molecule has 2 aliphatic heterocycles. The van der Waals surface area contributed by atoms with E-state index >= 15 is 0 Å². The van der Waals surface area contributed by atoms with Gasteiger partial charge in [-0.25, -0.2) is 4.39 Å². The number of hydrogen-bond donors (Lipinski definition) is 1. The number of carbonyl (C=O) groups excluding carboxylic acids is 1. The van der Waals surface area contributed by atoms with E-state index in [4.69, 9.17) is 4.74 Å². The number of benzene rings is 2. The maximum Gasteiger partial charge on any atom is 0.416 e. The Morgan fingerprint density at radius 2 is 2.00 bits per heavy atom. The number of rotatable bonds is 3. The summed E-state index contributed by atoms with van der Waals surface area (Å²) in [6, 6.07) is 8.26. The molecule has 1 fully saturated rings. The molecule has 2 aromatic rings. The molecule has 2 aromatic carbocycles. The van der Waals surface area contributed by atoms with Crippen LogP contribution in [0.3, 0.4) is 0 Å². The summed E-state index contributed by atoms with van der Waals surface area (Å²) >= 11 is 0. The van der Waals surface area contributed by atoms with Crippen LogP contribution in [0, 0.1) is 5.82 Å². The summed E-state index contributed by atoms with van der Waals surface area (Å²) in [7, 11) is 0. The van der Waals surface area contributed by atoms with Gasteiger partial charge in [0.2, 0.25) is 5.91 Å². The van der Waals surface area contributed by atoms with Gasteiger partial charge >= 0.3 is 6.18 Å². The topological polar surface area (TPSA) is 41.6 Å². The maximum atomic E-state index is 13.6. The van der Waals surface area contributed by atoms with Gasteiger partial charge in [0.05, 0.1) is 24.7 Å². The van der Waals surface area contributed by atoms with Gasteiger partial charge in [0, 0.05) is 25.3 Å². The molecule has 0 saturated carbocycles. The van der Waals surface area contributed by atoms with Gasteiger partial charge in [0.25, 0.3) is 0 Å². The fourth-order valence-electron chi connectivity index (χ4n) is 3.66. The van der Waals surface area contributed by atoms with Crippen molar-refractivity contribution in [3.8, 4) is 0 Å². The highest BCUT2D eigenvalue weighted by molar-refractivity contribution is 5.99. The number of carbonyl (C=O) groups is 1. The summed E-state index contributed by atoms with van der Waals surface area (Å²) in [6.45, 7) is 1.63. The van der Waals surface area contributed by atoms with E-state index in [2.05, 4.69) is 5.32 Å². The zero-order valence-electron chi connectivity index (χ0n) is 14.9. The first-order valence-corrected chi connectivity index (χ1v) is 8.91. The Hall–Kier alpha value is -2.45. The van der Waals surface area contributed by atoms with Crippen molar-refractivity contribution in [2.24, 2.45) is 0 Å². The fourth-order valence-corrected chi connectivity index (χ4v) is 3.66. The molecule has 0 spiro atoms. The highest BCUT2D eigenvalue weighted by Crippen LogP contribution is 2.32. The zero-order chi connectivity index (χ0) is 19.9. The van der Waals surface area contributed by atoms with Gasteiger partial charge in [0.1, 0.15) is 5.82 Å². The number of amides is 1. The monoisotopic (exact) mass is 394 g/mol. The fraction of sp³-hybridized carbons (Fsp3) is 0.350. The third-order valence-corrected chi connectivity index (χ3v) is 4.97. The van der Waals surface area contributed by atoms with E-state index in [1.165, 1.54) is 0 Å². The predicted molar refractivity (Wildman–Crippen MR) is 94.1 cm³/mol. The molecule has 148 valence electrons. The first-order valence-electron chi connectivity index (χ1n) is 8.91. The van der Waals surface area contributed by atoms with Crippen LogP contribution in [0.1, 0.15) is 28.4 Å². The van der Waals surface area contributed by atoms with Crippen LogP contribution in [0.2, 0.25) is 0 Å². The molecule has 0 bridgehead atoms. The Kier molecular flexibility index (Phi) is 4.84. The van der Waals surface area contributed by atoms with Gasteiger partial charge in [-0.2, -0.15) is 13.2 Å². The normalized spacial score (nSPS) is 20.1. The molecule has 1 N–H and O–H groups in total. The lowest BCUT2D eigenvalue weighted by molar-refractivity contribution is -0.137. The quantitative estimate of drug-likeness (QED) is 0.803. The van der Waals surface area contributed by atoms with Crippen LogP contribution in [0.4, 0.5) is 23.2 Å². The van der Waals surface area contributed by atoms with Crippen molar-refractivity contribution >= 4 is 11.6 Å². The predicted octanol–water partition coefficient (Wildman–Crippen LogP) is 3.91. The Balaban J connectivity index is 1.49.